The Morgan fingerprint density at radius 2 is 2.30 bits per heavy atom. The van der Waals surface area contributed by atoms with E-state index in [0.29, 0.717) is 24.1 Å². The molecule has 1 saturated heterocycles. The molecule has 27 heavy (non-hydrogen) atoms. The molecule has 0 saturated carbocycles. The van der Waals surface area contributed by atoms with Crippen molar-refractivity contribution < 1.29 is 14.3 Å². The second-order valence-electron chi connectivity index (χ2n) is 6.50. The van der Waals surface area contributed by atoms with Crippen LogP contribution in [0.15, 0.2) is 36.4 Å². The highest BCUT2D eigenvalue weighted by Crippen LogP contribution is 2.28. The van der Waals surface area contributed by atoms with Gasteiger partial charge in [0.2, 0.25) is 5.88 Å². The minimum atomic E-state index is -0.322. The lowest BCUT2D eigenvalue weighted by Crippen LogP contribution is -2.13. The zero-order chi connectivity index (χ0) is 18.8. The lowest BCUT2D eigenvalue weighted by Gasteiger charge is -2.08. The SMILES string of the molecule is Cn1nc(OCC2CCOC2)c2ccc(NC(=O)c3cccc(Cl)n3)cc21. The smallest absolute Gasteiger partial charge is 0.274 e. The highest BCUT2D eigenvalue weighted by atomic mass is 35.5. The molecule has 8 heteroatoms. The average molecular weight is 387 g/mol. The molecular formula is C19H19ClN4O3. The number of carbonyl (C=O) groups excluding carboxylic acids is 1. The van der Waals surface area contributed by atoms with Gasteiger partial charge in [0.15, 0.2) is 0 Å². The predicted octanol–water partition coefficient (Wildman–Crippen LogP) is 3.29. The van der Waals surface area contributed by atoms with Crippen molar-refractivity contribution in [1.29, 1.82) is 0 Å². The number of aryl methyl sites for hydroxylation is 1. The lowest BCUT2D eigenvalue weighted by atomic mass is 10.1. The molecule has 0 radical (unpaired) electrons. The number of nitrogens with one attached hydrogen (secondary N) is 1. The minimum absolute atomic E-state index is 0.260. The topological polar surface area (TPSA) is 78.3 Å². The van der Waals surface area contributed by atoms with Gasteiger partial charge in [-0.3, -0.25) is 9.48 Å². The van der Waals surface area contributed by atoms with Crippen molar-refractivity contribution in [2.75, 3.05) is 25.1 Å². The summed E-state index contributed by atoms with van der Waals surface area (Å²) >= 11 is 5.85. The molecule has 3 aromatic rings. The summed E-state index contributed by atoms with van der Waals surface area (Å²) in [4.78, 5) is 16.4. The monoisotopic (exact) mass is 386 g/mol. The molecule has 1 aromatic carbocycles. The summed E-state index contributed by atoms with van der Waals surface area (Å²) in [6, 6.07) is 10.5. The van der Waals surface area contributed by atoms with Gasteiger partial charge >= 0.3 is 0 Å². The first kappa shape index (κ1) is 17.8. The molecule has 2 aromatic heterocycles. The first-order valence-corrected chi connectivity index (χ1v) is 9.09. The maximum atomic E-state index is 12.4. The Hall–Kier alpha value is -2.64. The molecule has 1 aliphatic rings. The highest BCUT2D eigenvalue weighted by Gasteiger charge is 2.18. The van der Waals surface area contributed by atoms with Crippen molar-refractivity contribution in [1.82, 2.24) is 14.8 Å². The quantitative estimate of drug-likeness (QED) is 0.681. The number of benzene rings is 1. The fraction of sp³-hybridized carbons (Fsp3) is 0.316. The minimum Gasteiger partial charge on any atom is -0.476 e. The first-order valence-electron chi connectivity index (χ1n) is 8.71. The van der Waals surface area contributed by atoms with Crippen LogP contribution in [0.5, 0.6) is 5.88 Å². The van der Waals surface area contributed by atoms with Crippen molar-refractivity contribution in [3.05, 3.63) is 47.2 Å². The van der Waals surface area contributed by atoms with Crippen LogP contribution in [0.2, 0.25) is 5.15 Å². The van der Waals surface area contributed by atoms with E-state index in [0.717, 1.165) is 30.5 Å². The third-order valence-corrected chi connectivity index (χ3v) is 4.71. The summed E-state index contributed by atoms with van der Waals surface area (Å²) in [5, 5.41) is 8.46. The van der Waals surface area contributed by atoms with Crippen molar-refractivity contribution in [3.8, 4) is 5.88 Å². The zero-order valence-corrected chi connectivity index (χ0v) is 15.6. The molecule has 1 atom stereocenters. The molecule has 1 fully saturated rings. The Kier molecular flexibility index (Phi) is 4.96. The summed E-state index contributed by atoms with van der Waals surface area (Å²) in [7, 11) is 1.85. The van der Waals surface area contributed by atoms with Crippen LogP contribution in [0.3, 0.4) is 0 Å². The van der Waals surface area contributed by atoms with Gasteiger partial charge in [-0.25, -0.2) is 4.98 Å². The van der Waals surface area contributed by atoms with E-state index in [4.69, 9.17) is 21.1 Å². The van der Waals surface area contributed by atoms with Crippen LogP contribution in [0.1, 0.15) is 16.9 Å². The number of carbonyl (C=O) groups is 1. The molecule has 140 valence electrons. The van der Waals surface area contributed by atoms with Crippen molar-refractivity contribution in [2.45, 2.75) is 6.42 Å². The van der Waals surface area contributed by atoms with Crippen molar-refractivity contribution in [3.63, 3.8) is 0 Å². The Morgan fingerprint density at radius 3 is 3.07 bits per heavy atom. The van der Waals surface area contributed by atoms with E-state index in [-0.39, 0.29) is 16.8 Å². The number of halogens is 1. The van der Waals surface area contributed by atoms with Gasteiger partial charge in [0, 0.05) is 25.3 Å². The Labute approximate surface area is 161 Å². The van der Waals surface area contributed by atoms with Crippen LogP contribution in [-0.4, -0.2) is 40.5 Å². The van der Waals surface area contributed by atoms with Gasteiger partial charge in [-0.1, -0.05) is 17.7 Å². The Morgan fingerprint density at radius 1 is 1.41 bits per heavy atom. The van der Waals surface area contributed by atoms with Gasteiger partial charge in [0.1, 0.15) is 10.8 Å². The molecule has 1 aliphatic heterocycles. The van der Waals surface area contributed by atoms with Crippen LogP contribution >= 0.6 is 11.6 Å². The number of anilines is 1. The van der Waals surface area contributed by atoms with E-state index >= 15 is 0 Å². The molecule has 4 rings (SSSR count). The average Bonchev–Trinajstić information content (AvgIpc) is 3.28. The van der Waals surface area contributed by atoms with Gasteiger partial charge in [-0.15, -0.1) is 5.10 Å². The van der Waals surface area contributed by atoms with Gasteiger partial charge < -0.3 is 14.8 Å². The third kappa shape index (κ3) is 3.89. The van der Waals surface area contributed by atoms with Crippen LogP contribution in [0.25, 0.3) is 10.9 Å². The predicted molar refractivity (Wildman–Crippen MR) is 102 cm³/mol. The second-order valence-corrected chi connectivity index (χ2v) is 6.89. The van der Waals surface area contributed by atoms with E-state index in [1.54, 1.807) is 22.9 Å². The molecule has 0 spiro atoms. The maximum absolute atomic E-state index is 12.4. The van der Waals surface area contributed by atoms with Crippen LogP contribution in [-0.2, 0) is 11.8 Å². The third-order valence-electron chi connectivity index (χ3n) is 4.50. The number of aromatic nitrogens is 3. The van der Waals surface area contributed by atoms with Gasteiger partial charge in [0.25, 0.3) is 5.91 Å². The zero-order valence-electron chi connectivity index (χ0n) is 14.8. The number of fused-ring (bicyclic) bond motifs is 1. The van der Waals surface area contributed by atoms with Gasteiger partial charge in [-0.2, -0.15) is 0 Å². The van der Waals surface area contributed by atoms with Crippen LogP contribution in [0.4, 0.5) is 5.69 Å². The summed E-state index contributed by atoms with van der Waals surface area (Å²) in [5.41, 5.74) is 1.77. The molecule has 0 bridgehead atoms. The highest BCUT2D eigenvalue weighted by molar-refractivity contribution is 6.29. The number of ether oxygens (including phenoxy) is 2. The molecule has 1 unspecified atom stereocenters. The molecule has 0 aliphatic carbocycles. The second kappa shape index (κ2) is 7.54. The van der Waals surface area contributed by atoms with Crippen LogP contribution in [0, 0.1) is 5.92 Å². The van der Waals surface area contributed by atoms with E-state index in [1.165, 1.54) is 0 Å². The lowest BCUT2D eigenvalue weighted by molar-refractivity contribution is 0.102. The van der Waals surface area contributed by atoms with Gasteiger partial charge in [0.05, 0.1) is 24.1 Å². The number of hydrogen-bond acceptors (Lipinski definition) is 5. The van der Waals surface area contributed by atoms with Gasteiger partial charge in [-0.05, 0) is 36.8 Å². The van der Waals surface area contributed by atoms with E-state index in [9.17, 15) is 4.79 Å². The Balaban J connectivity index is 1.52. The number of amides is 1. The van der Waals surface area contributed by atoms with Crippen molar-refractivity contribution >= 4 is 34.1 Å². The molecule has 1 amide bonds. The maximum Gasteiger partial charge on any atom is 0.274 e. The Bertz CT molecular complexity index is 982. The van der Waals surface area contributed by atoms with E-state index < -0.39 is 0 Å². The number of hydrogen-bond donors (Lipinski definition) is 1. The fourth-order valence-corrected chi connectivity index (χ4v) is 3.21. The summed E-state index contributed by atoms with van der Waals surface area (Å²) in [6.45, 7) is 2.12. The van der Waals surface area contributed by atoms with Crippen molar-refractivity contribution in [2.24, 2.45) is 13.0 Å². The van der Waals surface area contributed by atoms with Crippen LogP contribution < -0.4 is 10.1 Å². The molecule has 3 heterocycles. The normalized spacial score (nSPS) is 16.6. The molecular weight excluding hydrogens is 368 g/mol. The van der Waals surface area contributed by atoms with E-state index in [2.05, 4.69) is 15.4 Å². The number of nitrogens with zero attached hydrogens (tertiary/aromatic N) is 3. The number of pyridine rings is 1. The molecule has 7 nitrogen and oxygen atoms in total. The number of rotatable bonds is 5. The standard InChI is InChI=1S/C19H19ClN4O3/c1-24-16-9-13(21-18(25)15-3-2-4-17(20)22-15)5-6-14(16)19(23-24)27-11-12-7-8-26-10-12/h2-6,9,12H,7-8,10-11H2,1H3,(H,21,25). The fourth-order valence-electron chi connectivity index (χ4n) is 3.05. The summed E-state index contributed by atoms with van der Waals surface area (Å²) in [5.74, 6) is 0.677. The summed E-state index contributed by atoms with van der Waals surface area (Å²) < 4.78 is 13.0. The van der Waals surface area contributed by atoms with E-state index in [1.807, 2.05) is 25.2 Å². The molecule has 1 N–H and O–H groups in total. The first-order chi connectivity index (χ1) is 13.1. The summed E-state index contributed by atoms with van der Waals surface area (Å²) in [6.07, 6.45) is 1.01. The largest absolute Gasteiger partial charge is 0.476 e.